The zero-order valence-corrected chi connectivity index (χ0v) is 12.8. The summed E-state index contributed by atoms with van der Waals surface area (Å²) in [5.41, 5.74) is 0.886. The molecule has 0 aliphatic heterocycles. The predicted molar refractivity (Wildman–Crippen MR) is 77.9 cm³/mol. The van der Waals surface area contributed by atoms with Crippen molar-refractivity contribution in [2.45, 2.75) is 84.2 Å². The molecule has 0 atom stereocenters. The first-order valence-electron chi connectivity index (χ1n) is 7.91. The van der Waals surface area contributed by atoms with E-state index < -0.39 is 0 Å². The minimum Gasteiger partial charge on any atom is -0.454 e. The number of rotatable bonds is 4. The Balaban J connectivity index is 2.12. The van der Waals surface area contributed by atoms with Gasteiger partial charge in [0.25, 0.3) is 0 Å². The molecule has 0 aromatic rings. The summed E-state index contributed by atoms with van der Waals surface area (Å²) < 4.78 is 6.00. The first-order chi connectivity index (χ1) is 8.97. The van der Waals surface area contributed by atoms with Crippen LogP contribution in [0.15, 0.2) is 11.6 Å². The van der Waals surface area contributed by atoms with E-state index in [-0.39, 0.29) is 17.0 Å². The number of hydrogen-bond donors (Lipinski definition) is 0. The Morgan fingerprint density at radius 1 is 1.21 bits per heavy atom. The van der Waals surface area contributed by atoms with Gasteiger partial charge in [0.1, 0.15) is 5.60 Å². The van der Waals surface area contributed by atoms with Crippen molar-refractivity contribution < 1.29 is 9.53 Å². The van der Waals surface area contributed by atoms with Gasteiger partial charge in [0.05, 0.1) is 5.41 Å². The molecule has 2 saturated carbocycles. The van der Waals surface area contributed by atoms with Crippen LogP contribution >= 0.6 is 0 Å². The summed E-state index contributed by atoms with van der Waals surface area (Å²) in [5.74, 6) is -0.0215. The number of hydrogen-bond acceptors (Lipinski definition) is 2. The van der Waals surface area contributed by atoms with Crippen LogP contribution in [0, 0.1) is 5.41 Å². The van der Waals surface area contributed by atoms with Crippen LogP contribution in [-0.4, -0.2) is 11.6 Å². The molecule has 0 N–H and O–H groups in total. The van der Waals surface area contributed by atoms with E-state index in [9.17, 15) is 4.79 Å². The van der Waals surface area contributed by atoms with E-state index >= 15 is 0 Å². The maximum Gasteiger partial charge on any atom is 0.312 e. The van der Waals surface area contributed by atoms with E-state index in [4.69, 9.17) is 4.74 Å². The van der Waals surface area contributed by atoms with Crippen LogP contribution < -0.4 is 0 Å². The Kier molecular flexibility index (Phi) is 4.37. The van der Waals surface area contributed by atoms with Gasteiger partial charge in [0.15, 0.2) is 0 Å². The van der Waals surface area contributed by atoms with Crippen LogP contribution in [-0.2, 0) is 9.53 Å². The van der Waals surface area contributed by atoms with Crippen molar-refractivity contribution >= 4 is 5.97 Å². The molecule has 2 aliphatic carbocycles. The highest BCUT2D eigenvalue weighted by Crippen LogP contribution is 2.39. The van der Waals surface area contributed by atoms with Crippen molar-refractivity contribution in [1.82, 2.24) is 0 Å². The lowest BCUT2D eigenvalue weighted by molar-refractivity contribution is -0.165. The van der Waals surface area contributed by atoms with Gasteiger partial charge in [-0.05, 0) is 77.7 Å². The molecule has 0 saturated heterocycles. The highest BCUT2D eigenvalue weighted by atomic mass is 16.6. The fourth-order valence-electron chi connectivity index (χ4n) is 3.06. The molecule has 0 aromatic carbocycles. The van der Waals surface area contributed by atoms with Crippen molar-refractivity contribution in [2.24, 2.45) is 5.41 Å². The average Bonchev–Trinajstić information content (AvgIpc) is 3.02. The molecule has 0 amide bonds. The third-order valence-electron chi connectivity index (χ3n) is 4.90. The fraction of sp³-hybridized carbons (Fsp3) is 0.824. The maximum atomic E-state index is 12.4. The van der Waals surface area contributed by atoms with Crippen molar-refractivity contribution in [1.29, 1.82) is 0 Å². The number of carbonyl (C=O) groups is 1. The zero-order chi connectivity index (χ0) is 13.9. The maximum absolute atomic E-state index is 12.4. The molecule has 0 spiro atoms. The van der Waals surface area contributed by atoms with Crippen molar-refractivity contribution in [3.05, 3.63) is 11.6 Å². The zero-order valence-electron chi connectivity index (χ0n) is 12.8. The molecule has 0 heterocycles. The van der Waals surface area contributed by atoms with Crippen LogP contribution in [0.3, 0.4) is 0 Å². The first-order valence-corrected chi connectivity index (χ1v) is 7.91. The molecular formula is C17H28O2. The molecule has 2 nitrogen and oxygen atoms in total. The first kappa shape index (κ1) is 14.6. The van der Waals surface area contributed by atoms with Crippen LogP contribution in [0.5, 0.6) is 0 Å². The van der Waals surface area contributed by atoms with Crippen LogP contribution in [0.25, 0.3) is 0 Å². The molecule has 2 aliphatic rings. The van der Waals surface area contributed by atoms with Crippen LogP contribution in [0.4, 0.5) is 0 Å². The molecule has 0 unspecified atom stereocenters. The van der Waals surface area contributed by atoms with Gasteiger partial charge >= 0.3 is 5.97 Å². The van der Waals surface area contributed by atoms with Gasteiger partial charge in [0, 0.05) is 0 Å². The van der Waals surface area contributed by atoms with Gasteiger partial charge in [-0.1, -0.05) is 12.5 Å². The second kappa shape index (κ2) is 5.68. The third kappa shape index (κ3) is 3.40. The van der Waals surface area contributed by atoms with Crippen LogP contribution in [0.1, 0.15) is 78.6 Å². The summed E-state index contributed by atoms with van der Waals surface area (Å²) >= 11 is 0. The van der Waals surface area contributed by atoms with Crippen molar-refractivity contribution in [3.8, 4) is 0 Å². The molecular weight excluding hydrogens is 236 g/mol. The summed E-state index contributed by atoms with van der Waals surface area (Å²) in [4.78, 5) is 12.4. The van der Waals surface area contributed by atoms with E-state index in [0.29, 0.717) is 0 Å². The van der Waals surface area contributed by atoms with Gasteiger partial charge in [-0.2, -0.15) is 0 Å². The van der Waals surface area contributed by atoms with Gasteiger partial charge in [-0.3, -0.25) is 4.79 Å². The summed E-state index contributed by atoms with van der Waals surface area (Å²) in [6.45, 7) is 6.03. The minimum absolute atomic E-state index is 0.0215. The van der Waals surface area contributed by atoms with Crippen molar-refractivity contribution in [3.63, 3.8) is 0 Å². The molecule has 2 heteroatoms. The van der Waals surface area contributed by atoms with Gasteiger partial charge in [-0.15, -0.1) is 0 Å². The lowest BCUT2D eigenvalue weighted by Gasteiger charge is -2.31. The standard InChI is InChI=1S/C17H28O2/c1-4-16(2,3)15(18)19-17(11-7-8-12-17)13-14-9-5-6-10-14/h13H,4-12H2,1-3H3. The highest BCUT2D eigenvalue weighted by molar-refractivity contribution is 5.76. The van der Waals surface area contributed by atoms with Gasteiger partial charge in [0.2, 0.25) is 0 Å². The Morgan fingerprint density at radius 3 is 2.32 bits per heavy atom. The lowest BCUT2D eigenvalue weighted by Crippen LogP contribution is -2.36. The number of carbonyl (C=O) groups excluding carboxylic acids is 1. The second-order valence-electron chi connectivity index (χ2n) is 6.91. The molecule has 0 radical (unpaired) electrons. The summed E-state index contributed by atoms with van der Waals surface area (Å²) in [7, 11) is 0. The van der Waals surface area contributed by atoms with Crippen LogP contribution in [0.2, 0.25) is 0 Å². The average molecular weight is 264 g/mol. The van der Waals surface area contributed by atoms with Gasteiger partial charge in [-0.25, -0.2) is 0 Å². The van der Waals surface area contributed by atoms with E-state index in [2.05, 4.69) is 13.0 Å². The molecule has 2 fully saturated rings. The second-order valence-corrected chi connectivity index (χ2v) is 6.91. The topological polar surface area (TPSA) is 26.3 Å². The highest BCUT2D eigenvalue weighted by Gasteiger charge is 2.39. The van der Waals surface area contributed by atoms with E-state index in [1.54, 1.807) is 0 Å². The Bertz CT molecular complexity index is 351. The molecule has 108 valence electrons. The fourth-order valence-corrected chi connectivity index (χ4v) is 3.06. The molecule has 2 rings (SSSR count). The Morgan fingerprint density at radius 2 is 1.79 bits per heavy atom. The largest absolute Gasteiger partial charge is 0.454 e. The van der Waals surface area contributed by atoms with E-state index in [1.807, 2.05) is 13.8 Å². The monoisotopic (exact) mass is 264 g/mol. The molecule has 0 aromatic heterocycles. The summed E-state index contributed by atoms with van der Waals surface area (Å²) in [6, 6.07) is 0. The summed E-state index contributed by atoms with van der Waals surface area (Å²) in [6.07, 6.45) is 12.6. The van der Waals surface area contributed by atoms with Crippen molar-refractivity contribution in [2.75, 3.05) is 0 Å². The predicted octanol–water partition coefficient (Wildman–Crippen LogP) is 4.78. The normalized spacial score (nSPS) is 22.6. The van der Waals surface area contributed by atoms with E-state index in [0.717, 1.165) is 19.3 Å². The Labute approximate surface area is 117 Å². The van der Waals surface area contributed by atoms with Gasteiger partial charge < -0.3 is 4.74 Å². The van der Waals surface area contributed by atoms with E-state index in [1.165, 1.54) is 44.1 Å². The minimum atomic E-state index is -0.357. The molecule has 19 heavy (non-hydrogen) atoms. The third-order valence-corrected chi connectivity index (χ3v) is 4.90. The smallest absolute Gasteiger partial charge is 0.312 e. The molecule has 0 bridgehead atoms. The quantitative estimate of drug-likeness (QED) is 0.539. The Hall–Kier alpha value is -0.790. The number of allylic oxidation sites excluding steroid dienone is 1. The number of ether oxygens (including phenoxy) is 1. The SMILES string of the molecule is CCC(C)(C)C(=O)OC1(C=C2CCCC2)CCCC1. The number of esters is 1. The summed E-state index contributed by atoms with van der Waals surface area (Å²) in [5, 5.41) is 0. The lowest BCUT2D eigenvalue weighted by atomic mass is 9.89.